The van der Waals surface area contributed by atoms with Crippen molar-refractivity contribution >= 4 is 6.02 Å². The van der Waals surface area contributed by atoms with Gasteiger partial charge in [0.25, 0.3) is 6.02 Å². The van der Waals surface area contributed by atoms with Crippen LogP contribution in [-0.4, -0.2) is 31.4 Å². The maximum atomic E-state index is 14.1. The van der Waals surface area contributed by atoms with Gasteiger partial charge in [0.15, 0.2) is 0 Å². The Kier molecular flexibility index (Phi) is 4.82. The van der Waals surface area contributed by atoms with Gasteiger partial charge in [-0.25, -0.2) is 9.38 Å². The molecule has 2 aromatic rings. The Labute approximate surface area is 180 Å². The van der Waals surface area contributed by atoms with E-state index < -0.39 is 11.4 Å². The van der Waals surface area contributed by atoms with Crippen molar-refractivity contribution in [1.29, 1.82) is 5.26 Å². The van der Waals surface area contributed by atoms with Crippen LogP contribution in [0, 0.1) is 23.1 Å². The van der Waals surface area contributed by atoms with E-state index in [0.29, 0.717) is 18.8 Å². The second-order valence-electron chi connectivity index (χ2n) is 8.37. The molecule has 5 rings (SSSR count). The van der Waals surface area contributed by atoms with E-state index in [1.807, 2.05) is 31.2 Å². The molecule has 2 heterocycles. The normalized spacial score (nSPS) is 28.7. The zero-order valence-electron chi connectivity index (χ0n) is 17.3. The summed E-state index contributed by atoms with van der Waals surface area (Å²) in [6, 6.07) is 12.3. The van der Waals surface area contributed by atoms with Gasteiger partial charge in [-0.1, -0.05) is 6.07 Å². The Morgan fingerprint density at radius 1 is 1.26 bits per heavy atom. The van der Waals surface area contributed by atoms with Gasteiger partial charge in [-0.2, -0.15) is 5.26 Å². The number of hydrogen-bond acceptors (Lipinski definition) is 6. The number of benzene rings is 2. The monoisotopic (exact) mass is 421 g/mol. The summed E-state index contributed by atoms with van der Waals surface area (Å²) in [5.41, 5.74) is 7.89. The SMILES string of the molecule is CCO[C@H]1CC[C@@H]2Oc3ccc(-c4cc(F)cc(C#N)c4)cc3C3(COC(N)=N3)[C@H]2C1. The smallest absolute Gasteiger partial charge is 0.283 e. The molecule has 0 amide bonds. The van der Waals surface area contributed by atoms with E-state index in [0.717, 1.165) is 36.1 Å². The fourth-order valence-electron chi connectivity index (χ4n) is 5.24. The molecule has 2 aromatic carbocycles. The van der Waals surface area contributed by atoms with Crippen LogP contribution in [0.5, 0.6) is 5.75 Å². The second kappa shape index (κ2) is 7.54. The second-order valence-corrected chi connectivity index (χ2v) is 8.37. The minimum absolute atomic E-state index is 0.00710. The zero-order chi connectivity index (χ0) is 21.6. The standard InChI is InChI=1S/C24H24FN3O3/c1-2-29-18-4-6-22-20(11-18)24(13-30-23(27)28-24)19-10-15(3-5-21(19)31-22)16-7-14(12-26)8-17(25)9-16/h3,5,7-10,18,20,22H,2,4,6,11,13H2,1H3,(H2,27,28)/t18-,20-,22-,24?/m0/s1. The predicted molar refractivity (Wildman–Crippen MR) is 113 cm³/mol. The van der Waals surface area contributed by atoms with Gasteiger partial charge in [0.05, 0.1) is 17.7 Å². The summed E-state index contributed by atoms with van der Waals surface area (Å²) in [6.45, 7) is 3.01. The van der Waals surface area contributed by atoms with Crippen LogP contribution in [0.25, 0.3) is 11.1 Å². The number of aliphatic imine (C=N–C) groups is 1. The van der Waals surface area contributed by atoms with E-state index in [2.05, 4.69) is 0 Å². The van der Waals surface area contributed by atoms with Crippen LogP contribution < -0.4 is 10.5 Å². The van der Waals surface area contributed by atoms with Gasteiger partial charge in [-0.05, 0) is 67.6 Å². The lowest BCUT2D eigenvalue weighted by Crippen LogP contribution is -2.52. The largest absolute Gasteiger partial charge is 0.490 e. The van der Waals surface area contributed by atoms with Gasteiger partial charge in [-0.3, -0.25) is 0 Å². The summed E-state index contributed by atoms with van der Waals surface area (Å²) in [6.07, 6.45) is 2.78. The first kappa shape index (κ1) is 19.8. The molecule has 0 radical (unpaired) electrons. The number of rotatable bonds is 3. The Morgan fingerprint density at radius 3 is 2.87 bits per heavy atom. The molecule has 0 bridgehead atoms. The molecule has 31 heavy (non-hydrogen) atoms. The number of fused-ring (bicyclic) bond motifs is 4. The van der Waals surface area contributed by atoms with Crippen LogP contribution in [0.15, 0.2) is 41.4 Å². The third kappa shape index (κ3) is 3.31. The Hall–Kier alpha value is -3.11. The number of nitrogens with two attached hydrogens (primary N) is 1. The van der Waals surface area contributed by atoms with Crippen LogP contribution in [-0.2, 0) is 15.0 Å². The van der Waals surface area contributed by atoms with Crippen molar-refractivity contribution in [3.63, 3.8) is 0 Å². The van der Waals surface area contributed by atoms with Crippen molar-refractivity contribution in [1.82, 2.24) is 0 Å². The highest BCUT2D eigenvalue weighted by atomic mass is 19.1. The first-order valence-electron chi connectivity index (χ1n) is 10.6. The summed E-state index contributed by atoms with van der Waals surface area (Å²) in [5, 5.41) is 9.22. The molecular weight excluding hydrogens is 397 g/mol. The third-order valence-electron chi connectivity index (χ3n) is 6.59. The van der Waals surface area contributed by atoms with Crippen LogP contribution in [0.3, 0.4) is 0 Å². The van der Waals surface area contributed by atoms with Gasteiger partial charge in [-0.15, -0.1) is 0 Å². The van der Waals surface area contributed by atoms with Crippen molar-refractivity contribution in [3.05, 3.63) is 53.3 Å². The third-order valence-corrected chi connectivity index (χ3v) is 6.59. The van der Waals surface area contributed by atoms with Crippen LogP contribution in [0.1, 0.15) is 37.3 Å². The molecule has 2 aliphatic heterocycles. The maximum Gasteiger partial charge on any atom is 0.283 e. The maximum absolute atomic E-state index is 14.1. The summed E-state index contributed by atoms with van der Waals surface area (Å²) in [7, 11) is 0. The Morgan fingerprint density at radius 2 is 2.13 bits per heavy atom. The van der Waals surface area contributed by atoms with Gasteiger partial charge < -0.3 is 19.9 Å². The van der Waals surface area contributed by atoms with E-state index in [9.17, 15) is 9.65 Å². The molecule has 7 heteroatoms. The van der Waals surface area contributed by atoms with Gasteiger partial charge in [0.1, 0.15) is 29.8 Å². The Balaban J connectivity index is 1.62. The summed E-state index contributed by atoms with van der Waals surface area (Å²) in [4.78, 5) is 4.80. The van der Waals surface area contributed by atoms with Crippen molar-refractivity contribution in [2.24, 2.45) is 16.6 Å². The van der Waals surface area contributed by atoms with Gasteiger partial charge in [0, 0.05) is 18.1 Å². The highest BCUT2D eigenvalue weighted by Gasteiger charge is 2.55. The topological polar surface area (TPSA) is 89.9 Å². The molecular formula is C24H24FN3O3. The summed E-state index contributed by atoms with van der Waals surface area (Å²) < 4.78 is 32.1. The molecule has 0 aromatic heterocycles. The lowest BCUT2D eigenvalue weighted by atomic mass is 9.67. The molecule has 1 saturated carbocycles. The molecule has 4 atom stereocenters. The fourth-order valence-corrected chi connectivity index (χ4v) is 5.24. The van der Waals surface area contributed by atoms with E-state index in [1.165, 1.54) is 12.1 Å². The van der Waals surface area contributed by atoms with Crippen molar-refractivity contribution in [2.45, 2.75) is 43.9 Å². The molecule has 2 N–H and O–H groups in total. The predicted octanol–water partition coefficient (Wildman–Crippen LogP) is 3.87. The summed E-state index contributed by atoms with van der Waals surface area (Å²) >= 11 is 0. The fraction of sp³-hybridized carbons (Fsp3) is 0.417. The van der Waals surface area contributed by atoms with E-state index in [-0.39, 0.29) is 29.7 Å². The number of amidine groups is 1. The van der Waals surface area contributed by atoms with Crippen LogP contribution in [0.2, 0.25) is 0 Å². The molecule has 1 aliphatic carbocycles. The van der Waals surface area contributed by atoms with Crippen LogP contribution in [0.4, 0.5) is 4.39 Å². The minimum Gasteiger partial charge on any atom is -0.490 e. The van der Waals surface area contributed by atoms with E-state index >= 15 is 0 Å². The average Bonchev–Trinajstić information content (AvgIpc) is 3.16. The van der Waals surface area contributed by atoms with E-state index in [4.69, 9.17) is 24.9 Å². The number of halogens is 1. The Bertz CT molecular complexity index is 1100. The van der Waals surface area contributed by atoms with Crippen molar-refractivity contribution in [2.75, 3.05) is 13.2 Å². The number of nitrogens with zero attached hydrogens (tertiary/aromatic N) is 2. The number of ether oxygens (including phenoxy) is 3. The van der Waals surface area contributed by atoms with Crippen molar-refractivity contribution < 1.29 is 18.6 Å². The molecule has 1 spiro atoms. The van der Waals surface area contributed by atoms with Crippen molar-refractivity contribution in [3.8, 4) is 22.9 Å². The molecule has 0 saturated heterocycles. The highest BCUT2D eigenvalue weighted by molar-refractivity contribution is 5.75. The van der Waals surface area contributed by atoms with Gasteiger partial charge in [0.2, 0.25) is 0 Å². The first-order chi connectivity index (χ1) is 15.0. The molecule has 1 fully saturated rings. The first-order valence-corrected chi connectivity index (χ1v) is 10.6. The lowest BCUT2D eigenvalue weighted by Gasteiger charge is -2.47. The number of nitriles is 1. The van der Waals surface area contributed by atoms with E-state index in [1.54, 1.807) is 6.07 Å². The molecule has 1 unspecified atom stereocenters. The summed E-state index contributed by atoms with van der Waals surface area (Å²) in [5.74, 6) is 0.360. The van der Waals surface area contributed by atoms with Gasteiger partial charge >= 0.3 is 0 Å². The minimum atomic E-state index is -0.667. The molecule has 160 valence electrons. The lowest BCUT2D eigenvalue weighted by molar-refractivity contribution is -0.0595. The average molecular weight is 421 g/mol. The molecule has 3 aliphatic rings. The highest BCUT2D eigenvalue weighted by Crippen LogP contribution is 2.53. The van der Waals surface area contributed by atoms with Crippen LogP contribution >= 0.6 is 0 Å². The quantitative estimate of drug-likeness (QED) is 0.813. The zero-order valence-corrected chi connectivity index (χ0v) is 17.3. The number of hydrogen-bond donors (Lipinski definition) is 1. The molecule has 6 nitrogen and oxygen atoms in total.